The lowest BCUT2D eigenvalue weighted by molar-refractivity contribution is -0.385. The molecule has 0 heterocycles. The van der Waals surface area contributed by atoms with E-state index < -0.39 is 9.85 Å². The molecule has 0 aromatic heterocycles. The van der Waals surface area contributed by atoms with E-state index in [9.17, 15) is 20.2 Å². The fraction of sp³-hybridized carbons (Fsp3) is 0. The standard InChI is InChI=1S/C26H20N6O4/c33-31(34)23-15-11-21(12-16-23)27-29-25(19-7-3-1-4-8-19)26(20-9-5-2-6-10-20)30-28-22-13-17-24(18-14-22)32(35)36/h1-18,27-28H. The Kier molecular flexibility index (Phi) is 7.37. The summed E-state index contributed by atoms with van der Waals surface area (Å²) in [7, 11) is 0. The normalized spacial score (nSPS) is 11.6. The Hall–Kier alpha value is -5.38. The monoisotopic (exact) mass is 480 g/mol. The lowest BCUT2D eigenvalue weighted by Gasteiger charge is -2.13. The highest BCUT2D eigenvalue weighted by Gasteiger charge is 2.16. The summed E-state index contributed by atoms with van der Waals surface area (Å²) in [4.78, 5) is 21.0. The molecule has 0 saturated heterocycles. The number of anilines is 2. The van der Waals surface area contributed by atoms with E-state index in [0.717, 1.165) is 11.1 Å². The van der Waals surface area contributed by atoms with Crippen LogP contribution >= 0.6 is 0 Å². The molecule has 0 spiro atoms. The molecule has 0 aliphatic rings. The first kappa shape index (κ1) is 23.8. The summed E-state index contributed by atoms with van der Waals surface area (Å²) in [6, 6.07) is 30.7. The van der Waals surface area contributed by atoms with Crippen LogP contribution in [0.1, 0.15) is 11.1 Å². The zero-order valence-electron chi connectivity index (χ0n) is 18.8. The van der Waals surface area contributed by atoms with E-state index >= 15 is 0 Å². The van der Waals surface area contributed by atoms with E-state index in [1.165, 1.54) is 24.3 Å². The number of hydrogen-bond donors (Lipinski definition) is 2. The molecule has 0 atom stereocenters. The molecule has 0 radical (unpaired) electrons. The Balaban J connectivity index is 1.73. The SMILES string of the molecule is O=[N+]([O-])c1ccc(NN=C(C(=NNc2ccc([N+](=O)[O-])cc2)c2ccccc2)c2ccccc2)cc1. The number of hydrogen-bond acceptors (Lipinski definition) is 8. The lowest BCUT2D eigenvalue weighted by atomic mass is 10.00. The van der Waals surface area contributed by atoms with Crippen LogP contribution in [0.5, 0.6) is 0 Å². The van der Waals surface area contributed by atoms with Crippen molar-refractivity contribution >= 4 is 34.2 Å². The average Bonchev–Trinajstić information content (AvgIpc) is 2.92. The number of nitrogens with one attached hydrogen (secondary N) is 2. The third-order valence-corrected chi connectivity index (χ3v) is 5.07. The summed E-state index contributed by atoms with van der Waals surface area (Å²) in [6.45, 7) is 0. The second-order valence-electron chi connectivity index (χ2n) is 7.48. The fourth-order valence-corrected chi connectivity index (χ4v) is 3.26. The van der Waals surface area contributed by atoms with Crippen LogP contribution in [0, 0.1) is 20.2 Å². The van der Waals surface area contributed by atoms with Crippen molar-refractivity contribution in [3.63, 3.8) is 0 Å². The van der Waals surface area contributed by atoms with Crippen molar-refractivity contribution in [1.29, 1.82) is 0 Å². The molecule has 4 aromatic carbocycles. The molecule has 0 bridgehead atoms. The Morgan fingerprint density at radius 1 is 0.528 bits per heavy atom. The maximum Gasteiger partial charge on any atom is 0.269 e. The van der Waals surface area contributed by atoms with Crippen LogP contribution in [0.15, 0.2) is 119 Å². The molecule has 0 unspecified atom stereocenters. The highest BCUT2D eigenvalue weighted by molar-refractivity contribution is 6.53. The van der Waals surface area contributed by atoms with Gasteiger partial charge in [-0.2, -0.15) is 10.2 Å². The Labute approximate surface area is 205 Å². The predicted octanol–water partition coefficient (Wildman–Crippen LogP) is 5.84. The number of benzene rings is 4. The van der Waals surface area contributed by atoms with Gasteiger partial charge in [0.25, 0.3) is 11.4 Å². The number of hydrazone groups is 2. The molecule has 36 heavy (non-hydrogen) atoms. The second kappa shape index (κ2) is 11.2. The van der Waals surface area contributed by atoms with Crippen LogP contribution < -0.4 is 10.9 Å². The molecule has 0 aliphatic carbocycles. The minimum Gasteiger partial charge on any atom is -0.278 e. The molecular weight excluding hydrogens is 460 g/mol. The molecule has 4 aromatic rings. The number of non-ortho nitro benzene ring substituents is 2. The molecule has 0 aliphatic heterocycles. The summed E-state index contributed by atoms with van der Waals surface area (Å²) in [5, 5.41) is 31.1. The van der Waals surface area contributed by atoms with Crippen LogP contribution in [0.4, 0.5) is 22.7 Å². The van der Waals surface area contributed by atoms with Crippen molar-refractivity contribution in [2.75, 3.05) is 10.9 Å². The Bertz CT molecular complexity index is 1290. The third kappa shape index (κ3) is 5.94. The highest BCUT2D eigenvalue weighted by atomic mass is 16.6. The molecule has 2 N–H and O–H groups in total. The van der Waals surface area contributed by atoms with Crippen LogP contribution in [0.2, 0.25) is 0 Å². The summed E-state index contributed by atoms with van der Waals surface area (Å²) in [5.74, 6) is 0. The summed E-state index contributed by atoms with van der Waals surface area (Å²) in [5.41, 5.74) is 9.57. The van der Waals surface area contributed by atoms with E-state index in [2.05, 4.69) is 21.1 Å². The highest BCUT2D eigenvalue weighted by Crippen LogP contribution is 2.18. The van der Waals surface area contributed by atoms with Crippen molar-refractivity contribution < 1.29 is 9.85 Å². The van der Waals surface area contributed by atoms with Crippen LogP contribution in [0.3, 0.4) is 0 Å². The lowest BCUT2D eigenvalue weighted by Crippen LogP contribution is -2.20. The van der Waals surface area contributed by atoms with Gasteiger partial charge >= 0.3 is 0 Å². The van der Waals surface area contributed by atoms with E-state index in [1.54, 1.807) is 24.3 Å². The van der Waals surface area contributed by atoms with Crippen LogP contribution in [0.25, 0.3) is 0 Å². The molecule has 0 saturated carbocycles. The number of rotatable bonds is 9. The predicted molar refractivity (Wildman–Crippen MR) is 139 cm³/mol. The molecule has 10 nitrogen and oxygen atoms in total. The van der Waals surface area contributed by atoms with Crippen LogP contribution in [-0.4, -0.2) is 21.3 Å². The van der Waals surface area contributed by atoms with E-state index in [0.29, 0.717) is 22.8 Å². The zero-order chi connectivity index (χ0) is 25.3. The van der Waals surface area contributed by atoms with Crippen molar-refractivity contribution in [2.24, 2.45) is 10.2 Å². The van der Waals surface area contributed by atoms with E-state index in [4.69, 9.17) is 0 Å². The van der Waals surface area contributed by atoms with Crippen molar-refractivity contribution in [3.05, 3.63) is 141 Å². The summed E-state index contributed by atoms with van der Waals surface area (Å²) < 4.78 is 0. The summed E-state index contributed by atoms with van der Waals surface area (Å²) in [6.07, 6.45) is 0. The molecule has 0 amide bonds. The average molecular weight is 480 g/mol. The maximum absolute atomic E-state index is 11.0. The molecule has 10 heteroatoms. The van der Waals surface area contributed by atoms with Crippen LogP contribution in [-0.2, 0) is 0 Å². The minimum absolute atomic E-state index is 0.0216. The van der Waals surface area contributed by atoms with Gasteiger partial charge in [0.2, 0.25) is 0 Å². The number of nitro benzene ring substituents is 2. The smallest absolute Gasteiger partial charge is 0.269 e. The van der Waals surface area contributed by atoms with Gasteiger partial charge in [-0.05, 0) is 24.3 Å². The van der Waals surface area contributed by atoms with Gasteiger partial charge in [0.05, 0.1) is 21.2 Å². The summed E-state index contributed by atoms with van der Waals surface area (Å²) >= 11 is 0. The maximum atomic E-state index is 11.0. The van der Waals surface area contributed by atoms with E-state index in [1.807, 2.05) is 60.7 Å². The molecular formula is C26H20N6O4. The topological polar surface area (TPSA) is 135 Å². The Morgan fingerprint density at radius 3 is 1.17 bits per heavy atom. The van der Waals surface area contributed by atoms with Gasteiger partial charge in [0.15, 0.2) is 0 Å². The molecule has 4 rings (SSSR count). The quantitative estimate of drug-likeness (QED) is 0.176. The van der Waals surface area contributed by atoms with E-state index in [-0.39, 0.29) is 11.4 Å². The van der Waals surface area contributed by atoms with Gasteiger partial charge in [0.1, 0.15) is 11.4 Å². The third-order valence-electron chi connectivity index (χ3n) is 5.07. The minimum atomic E-state index is -0.466. The fourth-order valence-electron chi connectivity index (χ4n) is 3.26. The van der Waals surface area contributed by atoms with Crippen molar-refractivity contribution in [1.82, 2.24) is 0 Å². The number of nitro groups is 2. The van der Waals surface area contributed by atoms with Gasteiger partial charge in [-0.1, -0.05) is 60.7 Å². The van der Waals surface area contributed by atoms with Gasteiger partial charge in [0, 0.05) is 35.4 Å². The number of nitrogens with zero attached hydrogens (tertiary/aromatic N) is 4. The second-order valence-corrected chi connectivity index (χ2v) is 7.48. The largest absolute Gasteiger partial charge is 0.278 e. The van der Waals surface area contributed by atoms with Gasteiger partial charge < -0.3 is 0 Å². The Morgan fingerprint density at radius 2 is 0.861 bits per heavy atom. The first-order chi connectivity index (χ1) is 17.5. The van der Waals surface area contributed by atoms with Crippen molar-refractivity contribution in [2.45, 2.75) is 0 Å². The van der Waals surface area contributed by atoms with Gasteiger partial charge in [-0.15, -0.1) is 0 Å². The first-order valence-corrected chi connectivity index (χ1v) is 10.8. The van der Waals surface area contributed by atoms with Gasteiger partial charge in [-0.25, -0.2) is 0 Å². The van der Waals surface area contributed by atoms with Crippen molar-refractivity contribution in [3.8, 4) is 0 Å². The first-order valence-electron chi connectivity index (χ1n) is 10.8. The molecule has 178 valence electrons. The molecule has 0 fully saturated rings. The zero-order valence-corrected chi connectivity index (χ0v) is 18.8. The van der Waals surface area contributed by atoms with Gasteiger partial charge in [-0.3, -0.25) is 31.1 Å².